The molecule has 2 rings (SSSR count). The predicted octanol–water partition coefficient (Wildman–Crippen LogP) is 3.95. The Hall–Kier alpha value is -1.00. The molecule has 4 heteroatoms. The van der Waals surface area contributed by atoms with Gasteiger partial charge in [0.25, 0.3) is 0 Å². The maximum atomic E-state index is 5.18. The zero-order valence-corrected chi connectivity index (χ0v) is 13.4. The number of hydrogen-bond donors (Lipinski definition) is 1. The molecule has 0 saturated carbocycles. The Bertz CT molecular complexity index is 475. The Balaban J connectivity index is 2.13. The number of rotatable bonds is 5. The summed E-state index contributed by atoms with van der Waals surface area (Å²) in [6.45, 7) is 5.19. The molecule has 1 unspecified atom stereocenters. The third-order valence-electron chi connectivity index (χ3n) is 3.85. The monoisotopic (exact) mass is 292 g/mol. The largest absolute Gasteiger partial charge is 0.384 e. The first-order valence-electron chi connectivity index (χ1n) is 7.23. The molecule has 1 aliphatic heterocycles. The van der Waals surface area contributed by atoms with Crippen LogP contribution in [0.2, 0.25) is 0 Å². The van der Waals surface area contributed by atoms with E-state index >= 15 is 0 Å². The highest BCUT2D eigenvalue weighted by Gasteiger charge is 2.26. The Morgan fingerprint density at radius 1 is 1.40 bits per heavy atom. The van der Waals surface area contributed by atoms with E-state index in [2.05, 4.69) is 43.4 Å². The minimum atomic E-state index is 0.0923. The molecule has 0 aliphatic carbocycles. The van der Waals surface area contributed by atoms with Gasteiger partial charge in [-0.2, -0.15) is 0 Å². The van der Waals surface area contributed by atoms with Crippen LogP contribution in [0.5, 0.6) is 0 Å². The van der Waals surface area contributed by atoms with E-state index in [1.807, 2.05) is 11.8 Å². The summed E-state index contributed by atoms with van der Waals surface area (Å²) in [4.78, 5) is 4.89. The van der Waals surface area contributed by atoms with Gasteiger partial charge in [0.1, 0.15) is 0 Å². The standard InChI is InChI=1S/C16H24N2OS/c1-4-16(2)10-12-20-15(18-16)17-14-8-6-5-7-13(14)9-11-19-3/h5-8H,4,9-12H2,1-3H3,(H,17,18). The van der Waals surface area contributed by atoms with Gasteiger partial charge < -0.3 is 10.1 Å². The van der Waals surface area contributed by atoms with Crippen molar-refractivity contribution in [1.82, 2.24) is 0 Å². The Labute approximate surface area is 126 Å². The van der Waals surface area contributed by atoms with Gasteiger partial charge in [-0.15, -0.1) is 0 Å². The van der Waals surface area contributed by atoms with Crippen LogP contribution in [-0.2, 0) is 11.2 Å². The number of thioether (sulfide) groups is 1. The molecule has 20 heavy (non-hydrogen) atoms. The molecule has 1 aliphatic rings. The molecule has 0 fully saturated rings. The highest BCUT2D eigenvalue weighted by molar-refractivity contribution is 8.14. The van der Waals surface area contributed by atoms with Crippen molar-refractivity contribution in [3.05, 3.63) is 29.8 Å². The average Bonchev–Trinajstić information content (AvgIpc) is 2.46. The van der Waals surface area contributed by atoms with E-state index in [-0.39, 0.29) is 5.54 Å². The Kier molecular flexibility index (Phi) is 5.49. The number of anilines is 1. The third kappa shape index (κ3) is 4.00. The van der Waals surface area contributed by atoms with Crippen LogP contribution >= 0.6 is 11.8 Å². The molecule has 0 saturated heterocycles. The first-order valence-corrected chi connectivity index (χ1v) is 8.22. The van der Waals surface area contributed by atoms with Gasteiger partial charge in [-0.1, -0.05) is 36.9 Å². The number of ether oxygens (including phenoxy) is 1. The van der Waals surface area contributed by atoms with E-state index in [1.54, 1.807) is 7.11 Å². The SMILES string of the molecule is CCC1(C)CCSC(Nc2ccccc2CCOC)=N1. The maximum Gasteiger partial charge on any atom is 0.161 e. The van der Waals surface area contributed by atoms with E-state index in [0.717, 1.165) is 42.5 Å². The molecule has 0 amide bonds. The number of amidine groups is 1. The number of para-hydroxylation sites is 1. The number of hydrogen-bond acceptors (Lipinski definition) is 4. The molecule has 1 N–H and O–H groups in total. The second kappa shape index (κ2) is 7.14. The minimum absolute atomic E-state index is 0.0923. The molecule has 0 bridgehead atoms. The van der Waals surface area contributed by atoms with Crippen molar-refractivity contribution in [2.45, 2.75) is 38.6 Å². The number of aliphatic imine (C=N–C) groups is 1. The summed E-state index contributed by atoms with van der Waals surface area (Å²) >= 11 is 1.82. The molecule has 0 spiro atoms. The molecule has 1 atom stereocenters. The van der Waals surface area contributed by atoms with Gasteiger partial charge in [0.15, 0.2) is 5.17 Å². The van der Waals surface area contributed by atoms with Crippen LogP contribution in [0.1, 0.15) is 32.3 Å². The molecule has 0 aromatic heterocycles. The van der Waals surface area contributed by atoms with E-state index in [9.17, 15) is 0 Å². The lowest BCUT2D eigenvalue weighted by atomic mass is 9.97. The van der Waals surface area contributed by atoms with E-state index in [0.29, 0.717) is 0 Å². The Morgan fingerprint density at radius 2 is 2.20 bits per heavy atom. The van der Waals surface area contributed by atoms with Crippen LogP contribution in [-0.4, -0.2) is 30.2 Å². The fourth-order valence-electron chi connectivity index (χ4n) is 2.21. The molecule has 3 nitrogen and oxygen atoms in total. The summed E-state index contributed by atoms with van der Waals surface area (Å²) in [5.74, 6) is 1.14. The normalized spacial score (nSPS) is 22.4. The highest BCUT2D eigenvalue weighted by Crippen LogP contribution is 2.30. The molecule has 1 heterocycles. The van der Waals surface area contributed by atoms with Gasteiger partial charge in [0.05, 0.1) is 12.1 Å². The minimum Gasteiger partial charge on any atom is -0.384 e. The summed E-state index contributed by atoms with van der Waals surface area (Å²) in [6.07, 6.45) is 3.16. The lowest BCUT2D eigenvalue weighted by molar-refractivity contribution is 0.202. The second-order valence-electron chi connectivity index (χ2n) is 5.39. The highest BCUT2D eigenvalue weighted by atomic mass is 32.2. The van der Waals surface area contributed by atoms with Crippen LogP contribution in [0, 0.1) is 0 Å². The zero-order chi connectivity index (χ0) is 14.4. The van der Waals surface area contributed by atoms with Crippen LogP contribution in [0.3, 0.4) is 0 Å². The summed E-state index contributed by atoms with van der Waals surface area (Å²) in [7, 11) is 1.74. The number of benzene rings is 1. The Morgan fingerprint density at radius 3 is 2.95 bits per heavy atom. The van der Waals surface area contributed by atoms with Gasteiger partial charge in [-0.3, -0.25) is 4.99 Å². The molecular formula is C16H24N2OS. The maximum absolute atomic E-state index is 5.18. The van der Waals surface area contributed by atoms with Crippen molar-refractivity contribution in [3.63, 3.8) is 0 Å². The number of nitrogens with zero attached hydrogens (tertiary/aromatic N) is 1. The van der Waals surface area contributed by atoms with Crippen molar-refractivity contribution in [1.29, 1.82) is 0 Å². The van der Waals surface area contributed by atoms with Crippen LogP contribution < -0.4 is 5.32 Å². The molecule has 110 valence electrons. The summed E-state index contributed by atoms with van der Waals surface area (Å²) < 4.78 is 5.18. The fourth-order valence-corrected chi connectivity index (χ4v) is 3.41. The molecule has 0 radical (unpaired) electrons. The van der Waals surface area contributed by atoms with Gasteiger partial charge >= 0.3 is 0 Å². The van der Waals surface area contributed by atoms with Crippen molar-refractivity contribution in [2.75, 3.05) is 24.8 Å². The van der Waals surface area contributed by atoms with E-state index in [4.69, 9.17) is 9.73 Å². The predicted molar refractivity (Wildman–Crippen MR) is 88.9 cm³/mol. The topological polar surface area (TPSA) is 33.6 Å². The van der Waals surface area contributed by atoms with Crippen LogP contribution in [0.25, 0.3) is 0 Å². The number of methoxy groups -OCH3 is 1. The zero-order valence-electron chi connectivity index (χ0n) is 12.6. The quantitative estimate of drug-likeness (QED) is 0.892. The van der Waals surface area contributed by atoms with Crippen molar-refractivity contribution in [2.24, 2.45) is 4.99 Å². The second-order valence-corrected chi connectivity index (χ2v) is 6.47. The smallest absolute Gasteiger partial charge is 0.161 e. The summed E-state index contributed by atoms with van der Waals surface area (Å²) in [5.41, 5.74) is 2.52. The van der Waals surface area contributed by atoms with Gasteiger partial charge in [0.2, 0.25) is 0 Å². The van der Waals surface area contributed by atoms with Gasteiger partial charge in [-0.25, -0.2) is 0 Å². The van der Waals surface area contributed by atoms with Gasteiger partial charge in [0, 0.05) is 18.6 Å². The van der Waals surface area contributed by atoms with Gasteiger partial charge in [-0.05, 0) is 37.8 Å². The lowest BCUT2D eigenvalue weighted by Crippen LogP contribution is -2.29. The van der Waals surface area contributed by atoms with Crippen LogP contribution in [0.4, 0.5) is 5.69 Å². The van der Waals surface area contributed by atoms with E-state index in [1.165, 1.54) is 5.56 Å². The molecular weight excluding hydrogens is 268 g/mol. The third-order valence-corrected chi connectivity index (χ3v) is 4.72. The first-order chi connectivity index (χ1) is 9.67. The average molecular weight is 292 g/mol. The fraction of sp³-hybridized carbons (Fsp3) is 0.562. The van der Waals surface area contributed by atoms with Crippen molar-refractivity contribution < 1.29 is 4.74 Å². The van der Waals surface area contributed by atoms with Crippen molar-refractivity contribution in [3.8, 4) is 0 Å². The number of nitrogens with one attached hydrogen (secondary N) is 1. The van der Waals surface area contributed by atoms with Crippen LogP contribution in [0.15, 0.2) is 29.3 Å². The summed E-state index contributed by atoms with van der Waals surface area (Å²) in [6, 6.07) is 8.40. The first kappa shape index (κ1) is 15.4. The summed E-state index contributed by atoms with van der Waals surface area (Å²) in [5, 5.41) is 4.55. The lowest BCUT2D eigenvalue weighted by Gasteiger charge is -2.29. The molecule has 1 aromatic rings. The van der Waals surface area contributed by atoms with Crippen molar-refractivity contribution >= 4 is 22.6 Å². The van der Waals surface area contributed by atoms with E-state index < -0.39 is 0 Å². The molecule has 1 aromatic carbocycles.